The molecule has 0 aliphatic carbocycles. The third-order valence-corrected chi connectivity index (χ3v) is 4.43. The maximum Gasteiger partial charge on any atom is 0.225 e. The van der Waals surface area contributed by atoms with Gasteiger partial charge in [-0.05, 0) is 18.6 Å². The number of amides is 1. The summed E-state index contributed by atoms with van der Waals surface area (Å²) in [5.41, 5.74) is -0.510. The van der Waals surface area contributed by atoms with E-state index in [2.05, 4.69) is 5.32 Å². The number of hydrogen-bond acceptors (Lipinski definition) is 4. The number of sulfonamides is 1. The Hall–Kier alpha value is -1.65. The van der Waals surface area contributed by atoms with Crippen LogP contribution in [0.1, 0.15) is 12.8 Å². The molecule has 0 saturated carbocycles. The normalized spacial score (nSPS) is 11.8. The highest BCUT2D eigenvalue weighted by Crippen LogP contribution is 2.19. The van der Waals surface area contributed by atoms with Crippen molar-refractivity contribution in [2.75, 3.05) is 38.4 Å². The highest BCUT2D eigenvalue weighted by atomic mass is 32.2. The van der Waals surface area contributed by atoms with Crippen LogP contribution >= 0.6 is 0 Å². The number of carbonyl (C=O) groups excluding carboxylic acids is 1. The van der Waals surface area contributed by atoms with Crippen LogP contribution in [0.3, 0.4) is 0 Å². The molecule has 24 heavy (non-hydrogen) atoms. The van der Waals surface area contributed by atoms with Gasteiger partial charge in [-0.2, -0.15) is 0 Å². The number of hydrogen-bond donors (Lipinski definition) is 1. The molecule has 1 rings (SSSR count). The molecule has 0 radical (unpaired) electrons. The first kappa shape index (κ1) is 20.4. The van der Waals surface area contributed by atoms with Gasteiger partial charge in [0.15, 0.2) is 17.5 Å². The molecule has 1 N–H and O–H groups in total. The maximum atomic E-state index is 13.5. The van der Waals surface area contributed by atoms with Crippen LogP contribution in [0.5, 0.6) is 0 Å². The number of carbonyl (C=O) groups is 1. The minimum Gasteiger partial charge on any atom is -0.385 e. The molecular weight excluding hydrogens is 349 g/mol. The number of benzene rings is 1. The van der Waals surface area contributed by atoms with Gasteiger partial charge >= 0.3 is 0 Å². The number of rotatable bonds is 9. The van der Waals surface area contributed by atoms with E-state index in [0.29, 0.717) is 19.1 Å². The van der Waals surface area contributed by atoms with Crippen LogP contribution in [0, 0.1) is 17.5 Å². The van der Waals surface area contributed by atoms with Gasteiger partial charge in [0.25, 0.3) is 0 Å². The summed E-state index contributed by atoms with van der Waals surface area (Å²) < 4.78 is 68.6. The Morgan fingerprint density at radius 1 is 1.21 bits per heavy atom. The molecule has 0 heterocycles. The first-order valence-corrected chi connectivity index (χ1v) is 8.89. The van der Waals surface area contributed by atoms with Crippen LogP contribution < -0.4 is 5.32 Å². The molecule has 0 aliphatic heterocycles. The number of ether oxygens (including phenoxy) is 1. The largest absolute Gasteiger partial charge is 0.385 e. The molecule has 0 spiro atoms. The summed E-state index contributed by atoms with van der Waals surface area (Å²) in [6, 6.07) is 1.57. The Morgan fingerprint density at radius 2 is 1.88 bits per heavy atom. The fourth-order valence-electron chi connectivity index (χ4n) is 1.89. The Morgan fingerprint density at radius 3 is 2.46 bits per heavy atom. The first-order valence-electron chi connectivity index (χ1n) is 7.04. The lowest BCUT2D eigenvalue weighted by Gasteiger charge is -2.19. The lowest BCUT2D eigenvalue weighted by molar-refractivity contribution is -0.116. The van der Waals surface area contributed by atoms with Crippen LogP contribution in [-0.2, 0) is 19.6 Å². The molecule has 0 bridgehead atoms. The van der Waals surface area contributed by atoms with Gasteiger partial charge in [-0.15, -0.1) is 0 Å². The van der Waals surface area contributed by atoms with Crippen molar-refractivity contribution in [2.45, 2.75) is 12.8 Å². The van der Waals surface area contributed by atoms with E-state index in [9.17, 15) is 26.4 Å². The predicted molar refractivity (Wildman–Crippen MR) is 82.5 cm³/mol. The SMILES string of the molecule is COCCCN(CCC(=O)Nc1ccc(F)c(F)c1F)S(C)(=O)=O. The fraction of sp³-hybridized carbons (Fsp3) is 0.500. The summed E-state index contributed by atoms with van der Waals surface area (Å²) >= 11 is 0. The molecule has 1 aromatic carbocycles. The summed E-state index contributed by atoms with van der Waals surface area (Å²) in [5.74, 6) is -5.29. The van der Waals surface area contributed by atoms with E-state index < -0.39 is 39.1 Å². The van der Waals surface area contributed by atoms with E-state index in [1.165, 1.54) is 7.11 Å². The molecule has 0 aliphatic rings. The van der Waals surface area contributed by atoms with Crippen LogP contribution in [0.4, 0.5) is 18.9 Å². The maximum absolute atomic E-state index is 13.5. The highest BCUT2D eigenvalue weighted by molar-refractivity contribution is 7.88. The summed E-state index contributed by atoms with van der Waals surface area (Å²) in [7, 11) is -2.04. The van der Waals surface area contributed by atoms with Crippen LogP contribution in [-0.4, -0.2) is 51.7 Å². The highest BCUT2D eigenvalue weighted by Gasteiger charge is 2.19. The molecule has 0 fully saturated rings. The summed E-state index contributed by atoms with van der Waals surface area (Å²) in [5, 5.41) is 2.09. The van der Waals surface area contributed by atoms with Crippen molar-refractivity contribution < 1.29 is 31.1 Å². The fourth-order valence-corrected chi connectivity index (χ4v) is 2.77. The van der Waals surface area contributed by atoms with Gasteiger partial charge < -0.3 is 10.1 Å². The zero-order valence-electron chi connectivity index (χ0n) is 13.3. The monoisotopic (exact) mass is 368 g/mol. The van der Waals surface area contributed by atoms with Crippen molar-refractivity contribution in [3.8, 4) is 0 Å². The van der Waals surface area contributed by atoms with Crippen molar-refractivity contribution in [3.05, 3.63) is 29.6 Å². The first-order chi connectivity index (χ1) is 11.2. The average molecular weight is 368 g/mol. The molecular formula is C14H19F3N2O4S. The molecule has 6 nitrogen and oxygen atoms in total. The topological polar surface area (TPSA) is 75.7 Å². The summed E-state index contributed by atoms with van der Waals surface area (Å²) in [4.78, 5) is 11.8. The zero-order valence-corrected chi connectivity index (χ0v) is 14.1. The van der Waals surface area contributed by atoms with Crippen LogP contribution in [0.2, 0.25) is 0 Å². The van der Waals surface area contributed by atoms with Gasteiger partial charge in [-0.3, -0.25) is 4.79 Å². The van der Waals surface area contributed by atoms with E-state index in [1.54, 1.807) is 0 Å². The third-order valence-electron chi connectivity index (χ3n) is 3.12. The number of anilines is 1. The Labute approximate surface area is 138 Å². The molecule has 0 atom stereocenters. The third kappa shape index (κ3) is 6.10. The van der Waals surface area contributed by atoms with Crippen molar-refractivity contribution in [1.82, 2.24) is 4.31 Å². The van der Waals surface area contributed by atoms with Crippen LogP contribution in [0.15, 0.2) is 12.1 Å². The zero-order chi connectivity index (χ0) is 18.3. The quantitative estimate of drug-likeness (QED) is 0.532. The van der Waals surface area contributed by atoms with Gasteiger partial charge in [0.1, 0.15) is 0 Å². The number of methoxy groups -OCH3 is 1. The van der Waals surface area contributed by atoms with E-state index in [-0.39, 0.29) is 19.5 Å². The lowest BCUT2D eigenvalue weighted by atomic mass is 10.2. The molecule has 1 amide bonds. The second-order valence-corrected chi connectivity index (χ2v) is 7.01. The molecule has 0 aromatic heterocycles. The Balaban J connectivity index is 2.65. The minimum absolute atomic E-state index is 0.125. The van der Waals surface area contributed by atoms with E-state index in [4.69, 9.17) is 4.74 Å². The number of nitrogens with zero attached hydrogens (tertiary/aromatic N) is 1. The van der Waals surface area contributed by atoms with Crippen molar-refractivity contribution in [2.24, 2.45) is 0 Å². The number of nitrogens with one attached hydrogen (secondary N) is 1. The number of halogens is 3. The smallest absolute Gasteiger partial charge is 0.225 e. The summed E-state index contributed by atoms with van der Waals surface area (Å²) in [6.45, 7) is 0.400. The molecule has 0 saturated heterocycles. The van der Waals surface area contributed by atoms with E-state index in [0.717, 1.165) is 16.6 Å². The van der Waals surface area contributed by atoms with Gasteiger partial charge in [0.2, 0.25) is 15.9 Å². The van der Waals surface area contributed by atoms with Crippen molar-refractivity contribution in [1.29, 1.82) is 0 Å². The van der Waals surface area contributed by atoms with Crippen molar-refractivity contribution in [3.63, 3.8) is 0 Å². The van der Waals surface area contributed by atoms with Crippen LogP contribution in [0.25, 0.3) is 0 Å². The predicted octanol–water partition coefficient (Wildman–Crippen LogP) is 1.73. The second-order valence-electron chi connectivity index (χ2n) is 5.03. The van der Waals surface area contributed by atoms with E-state index in [1.807, 2.05) is 0 Å². The molecule has 10 heteroatoms. The average Bonchev–Trinajstić information content (AvgIpc) is 2.50. The van der Waals surface area contributed by atoms with Crippen molar-refractivity contribution >= 4 is 21.6 Å². The van der Waals surface area contributed by atoms with Gasteiger partial charge in [-0.25, -0.2) is 25.9 Å². The van der Waals surface area contributed by atoms with Gasteiger partial charge in [0, 0.05) is 33.2 Å². The molecule has 1 aromatic rings. The molecule has 0 unspecified atom stereocenters. The summed E-state index contributed by atoms with van der Waals surface area (Å²) in [6.07, 6.45) is 1.19. The van der Waals surface area contributed by atoms with Gasteiger partial charge in [0.05, 0.1) is 11.9 Å². The Kier molecular flexibility index (Phi) is 7.64. The van der Waals surface area contributed by atoms with Gasteiger partial charge in [-0.1, -0.05) is 0 Å². The molecule has 136 valence electrons. The minimum atomic E-state index is -3.52. The van der Waals surface area contributed by atoms with E-state index >= 15 is 0 Å². The standard InChI is InChI=1S/C14H19F3N2O4S/c1-23-9-3-7-19(24(2,21)22)8-6-12(20)18-11-5-4-10(15)13(16)14(11)17/h4-5H,3,6-9H2,1-2H3,(H,18,20). The Bertz CT molecular complexity index is 683. The second kappa shape index (κ2) is 9.00. The lowest BCUT2D eigenvalue weighted by Crippen LogP contribution is -2.34.